The third-order valence-electron chi connectivity index (χ3n) is 3.90. The molecule has 1 heterocycles. The maximum atomic E-state index is 12.3. The average Bonchev–Trinajstić information content (AvgIpc) is 2.45. The number of anilines is 1. The zero-order valence-electron chi connectivity index (χ0n) is 12.8. The summed E-state index contributed by atoms with van der Waals surface area (Å²) in [7, 11) is 0. The first-order chi connectivity index (χ1) is 10.4. The summed E-state index contributed by atoms with van der Waals surface area (Å²) in [5, 5.41) is 3.87. The van der Waals surface area contributed by atoms with E-state index in [1.165, 1.54) is 6.07 Å². The van der Waals surface area contributed by atoms with Gasteiger partial charge >= 0.3 is 0 Å². The summed E-state index contributed by atoms with van der Waals surface area (Å²) in [6.07, 6.45) is 3.27. The van der Waals surface area contributed by atoms with Gasteiger partial charge in [0, 0.05) is 12.1 Å². The van der Waals surface area contributed by atoms with Crippen LogP contribution in [0.4, 0.5) is 5.69 Å². The molecule has 8 heteroatoms. The first kappa shape index (κ1) is 20.8. The predicted octanol–water partition coefficient (Wildman–Crippen LogP) is 4.21. The molecule has 1 saturated heterocycles. The van der Waals surface area contributed by atoms with Gasteiger partial charge in [-0.15, -0.1) is 12.4 Å². The van der Waals surface area contributed by atoms with Crippen LogP contribution < -0.4 is 11.1 Å². The highest BCUT2D eigenvalue weighted by Crippen LogP contribution is 2.32. The Bertz CT molecular complexity index is 554. The van der Waals surface area contributed by atoms with E-state index >= 15 is 0 Å². The number of halogens is 4. The molecule has 4 nitrogen and oxygen atoms in total. The summed E-state index contributed by atoms with van der Waals surface area (Å²) in [4.78, 5) is 14.4. The number of hydrogen-bond donors (Lipinski definition) is 2. The molecule has 0 aliphatic carbocycles. The van der Waals surface area contributed by atoms with Crippen molar-refractivity contribution in [3.05, 3.63) is 27.2 Å². The van der Waals surface area contributed by atoms with E-state index in [2.05, 4.69) is 10.2 Å². The number of hydrogen-bond acceptors (Lipinski definition) is 3. The van der Waals surface area contributed by atoms with Crippen LogP contribution in [0, 0.1) is 0 Å². The number of nitrogens with zero attached hydrogens (tertiary/aromatic N) is 1. The zero-order valence-corrected chi connectivity index (χ0v) is 15.9. The number of benzene rings is 1. The van der Waals surface area contributed by atoms with E-state index in [1.54, 1.807) is 6.07 Å². The Balaban J connectivity index is 0.00000264. The highest BCUT2D eigenvalue weighted by Gasteiger charge is 2.27. The molecule has 2 rings (SSSR count). The number of rotatable bonds is 4. The van der Waals surface area contributed by atoms with Crippen LogP contribution in [0.2, 0.25) is 15.1 Å². The second-order valence-electron chi connectivity index (χ2n) is 5.69. The second kappa shape index (κ2) is 9.30. The van der Waals surface area contributed by atoms with Crippen molar-refractivity contribution in [3.8, 4) is 0 Å². The Labute approximate surface area is 158 Å². The summed E-state index contributed by atoms with van der Waals surface area (Å²) >= 11 is 17.9. The van der Waals surface area contributed by atoms with E-state index in [-0.39, 0.29) is 30.4 Å². The average molecular weight is 401 g/mol. The first-order valence-corrected chi connectivity index (χ1v) is 8.46. The number of nitrogens with two attached hydrogens (primary N) is 1. The van der Waals surface area contributed by atoms with Crippen molar-refractivity contribution < 1.29 is 4.79 Å². The molecule has 23 heavy (non-hydrogen) atoms. The molecule has 1 amide bonds. The van der Waals surface area contributed by atoms with Gasteiger partial charge in [-0.25, -0.2) is 0 Å². The Morgan fingerprint density at radius 3 is 2.61 bits per heavy atom. The van der Waals surface area contributed by atoms with Gasteiger partial charge in [-0.1, -0.05) is 41.2 Å². The van der Waals surface area contributed by atoms with Gasteiger partial charge in [0.15, 0.2) is 0 Å². The molecular weight excluding hydrogens is 380 g/mol. The van der Waals surface area contributed by atoms with Gasteiger partial charge in [-0.05, 0) is 38.4 Å². The Hall–Kier alpha value is -0.230. The standard InChI is InChI=1S/C15H20Cl3N3O.ClH/c1-9(19)14-4-2-3-5-21(14)8-15(22)20-13-7-11(17)10(16)6-12(13)18;/h6-7,9,14H,2-5,8,19H2,1H3,(H,20,22);1H. The number of piperidine rings is 1. The molecule has 1 aliphatic heterocycles. The van der Waals surface area contributed by atoms with Crippen LogP contribution in [0.5, 0.6) is 0 Å². The van der Waals surface area contributed by atoms with Crippen LogP contribution in [0.1, 0.15) is 26.2 Å². The van der Waals surface area contributed by atoms with Crippen molar-refractivity contribution in [1.29, 1.82) is 0 Å². The first-order valence-electron chi connectivity index (χ1n) is 7.32. The highest BCUT2D eigenvalue weighted by atomic mass is 35.5. The molecule has 0 saturated carbocycles. The Morgan fingerprint density at radius 2 is 1.96 bits per heavy atom. The fourth-order valence-electron chi connectivity index (χ4n) is 2.80. The van der Waals surface area contributed by atoms with Crippen molar-refractivity contribution in [2.24, 2.45) is 5.73 Å². The van der Waals surface area contributed by atoms with Crippen LogP contribution in [0.25, 0.3) is 0 Å². The molecule has 2 atom stereocenters. The van der Waals surface area contributed by atoms with Crippen molar-refractivity contribution in [2.45, 2.75) is 38.3 Å². The highest BCUT2D eigenvalue weighted by molar-refractivity contribution is 6.44. The molecule has 0 aromatic heterocycles. The van der Waals surface area contributed by atoms with Gasteiger partial charge in [0.1, 0.15) is 0 Å². The minimum Gasteiger partial charge on any atom is -0.327 e. The van der Waals surface area contributed by atoms with Crippen LogP contribution >= 0.6 is 47.2 Å². The maximum absolute atomic E-state index is 12.3. The second-order valence-corrected chi connectivity index (χ2v) is 6.91. The summed E-state index contributed by atoms with van der Waals surface area (Å²) in [5.41, 5.74) is 6.49. The Morgan fingerprint density at radius 1 is 1.30 bits per heavy atom. The van der Waals surface area contributed by atoms with Crippen LogP contribution in [0.15, 0.2) is 12.1 Å². The number of carbonyl (C=O) groups is 1. The monoisotopic (exact) mass is 399 g/mol. The van der Waals surface area contributed by atoms with Crippen molar-refractivity contribution in [2.75, 3.05) is 18.4 Å². The predicted molar refractivity (Wildman–Crippen MR) is 100 cm³/mol. The van der Waals surface area contributed by atoms with E-state index in [9.17, 15) is 4.79 Å². The van der Waals surface area contributed by atoms with Crippen LogP contribution in [-0.2, 0) is 4.79 Å². The molecule has 1 fully saturated rings. The number of likely N-dealkylation sites (tertiary alicyclic amines) is 1. The van der Waals surface area contributed by atoms with Gasteiger partial charge in [-0.2, -0.15) is 0 Å². The molecule has 0 bridgehead atoms. The molecule has 1 aromatic carbocycles. The molecule has 1 aromatic rings. The van der Waals surface area contributed by atoms with Crippen molar-refractivity contribution in [3.63, 3.8) is 0 Å². The molecule has 2 unspecified atom stereocenters. The summed E-state index contributed by atoms with van der Waals surface area (Å²) in [6, 6.07) is 3.36. The van der Waals surface area contributed by atoms with Gasteiger partial charge in [0.2, 0.25) is 5.91 Å². The molecular formula is C15H21Cl4N3O. The molecule has 1 aliphatic rings. The maximum Gasteiger partial charge on any atom is 0.238 e. The summed E-state index contributed by atoms with van der Waals surface area (Å²) < 4.78 is 0. The van der Waals surface area contributed by atoms with E-state index in [4.69, 9.17) is 40.5 Å². The quantitative estimate of drug-likeness (QED) is 0.744. The molecule has 0 spiro atoms. The Kier molecular flexibility index (Phi) is 8.42. The number of nitrogens with one attached hydrogen (secondary N) is 1. The lowest BCUT2D eigenvalue weighted by Crippen LogP contribution is -2.51. The SMILES string of the molecule is CC(N)C1CCCCN1CC(=O)Nc1cc(Cl)c(Cl)cc1Cl.Cl. The normalized spacial score (nSPS) is 19.8. The molecule has 0 radical (unpaired) electrons. The van der Waals surface area contributed by atoms with Crippen molar-refractivity contribution in [1.82, 2.24) is 4.90 Å². The molecule has 130 valence electrons. The number of amides is 1. The smallest absolute Gasteiger partial charge is 0.238 e. The van der Waals surface area contributed by atoms with Gasteiger partial charge in [0.05, 0.1) is 27.3 Å². The van der Waals surface area contributed by atoms with Gasteiger partial charge in [0.25, 0.3) is 0 Å². The number of carbonyl (C=O) groups excluding carboxylic acids is 1. The third-order valence-corrected chi connectivity index (χ3v) is 4.94. The lowest BCUT2D eigenvalue weighted by atomic mass is 9.97. The zero-order chi connectivity index (χ0) is 16.3. The van der Waals surface area contributed by atoms with Crippen LogP contribution in [-0.4, -0.2) is 36.0 Å². The summed E-state index contributed by atoms with van der Waals surface area (Å²) in [6.45, 7) is 3.16. The lowest BCUT2D eigenvalue weighted by Gasteiger charge is -2.37. The lowest BCUT2D eigenvalue weighted by molar-refractivity contribution is -0.118. The van der Waals surface area contributed by atoms with Gasteiger partial charge in [-0.3, -0.25) is 9.69 Å². The largest absolute Gasteiger partial charge is 0.327 e. The topological polar surface area (TPSA) is 58.4 Å². The van der Waals surface area contributed by atoms with Crippen LogP contribution in [0.3, 0.4) is 0 Å². The molecule has 3 N–H and O–H groups in total. The van der Waals surface area contributed by atoms with E-state index in [1.807, 2.05) is 6.92 Å². The van der Waals surface area contributed by atoms with Crippen molar-refractivity contribution >= 4 is 58.8 Å². The summed E-state index contributed by atoms with van der Waals surface area (Å²) in [5.74, 6) is -0.132. The van der Waals surface area contributed by atoms with E-state index in [0.29, 0.717) is 27.3 Å². The minimum atomic E-state index is -0.132. The third kappa shape index (κ3) is 5.66. The minimum absolute atomic E-state index is 0. The van der Waals surface area contributed by atoms with E-state index < -0.39 is 0 Å². The van der Waals surface area contributed by atoms with Gasteiger partial charge < -0.3 is 11.1 Å². The fraction of sp³-hybridized carbons (Fsp3) is 0.533. The fourth-order valence-corrected chi connectivity index (χ4v) is 3.40. The van der Waals surface area contributed by atoms with E-state index in [0.717, 1.165) is 25.8 Å².